The molecule has 2 aromatic rings. The van der Waals surface area contributed by atoms with Gasteiger partial charge in [-0.1, -0.05) is 6.07 Å². The van der Waals surface area contributed by atoms with Crippen LogP contribution >= 0.6 is 15.9 Å². The molecule has 7 nitrogen and oxygen atoms in total. The van der Waals surface area contributed by atoms with Crippen molar-refractivity contribution in [3.05, 3.63) is 39.5 Å². The summed E-state index contributed by atoms with van der Waals surface area (Å²) in [5.41, 5.74) is 1.62. The Hall–Kier alpha value is -1.87. The fourth-order valence-corrected chi connectivity index (χ4v) is 4.01. The van der Waals surface area contributed by atoms with Gasteiger partial charge in [0.15, 0.2) is 5.03 Å². The Bertz CT molecular complexity index is 791. The molecule has 0 saturated heterocycles. The van der Waals surface area contributed by atoms with Crippen LogP contribution in [0.1, 0.15) is 21.5 Å². The van der Waals surface area contributed by atoms with Crippen LogP contribution in [-0.2, 0) is 10.0 Å². The molecule has 112 valence electrons. The Labute approximate surface area is 129 Å². The topological polar surface area (TPSA) is 112 Å². The number of halogens is 1. The second-order valence-corrected chi connectivity index (χ2v) is 6.94. The van der Waals surface area contributed by atoms with Crippen molar-refractivity contribution < 1.29 is 18.3 Å². The molecule has 0 bridgehead atoms. The van der Waals surface area contributed by atoms with Crippen LogP contribution in [0.15, 0.2) is 27.8 Å². The Morgan fingerprint density at radius 3 is 2.62 bits per heavy atom. The van der Waals surface area contributed by atoms with Gasteiger partial charge in [0.25, 0.3) is 10.0 Å². The Morgan fingerprint density at radius 2 is 2.05 bits per heavy atom. The van der Waals surface area contributed by atoms with Crippen LogP contribution in [0.2, 0.25) is 0 Å². The van der Waals surface area contributed by atoms with E-state index < -0.39 is 26.6 Å². The number of anilines is 1. The van der Waals surface area contributed by atoms with Crippen molar-refractivity contribution in [2.45, 2.75) is 18.9 Å². The molecule has 3 N–H and O–H groups in total. The smallest absolute Gasteiger partial charge is 0.340 e. The third-order valence-electron chi connectivity index (χ3n) is 2.77. The molecule has 0 saturated carbocycles. The number of H-pyrrole nitrogens is 1. The summed E-state index contributed by atoms with van der Waals surface area (Å²) in [6, 6.07) is 3.57. The SMILES string of the molecule is Cc1cc(C)c(NS(=O)(=O)c2[nH]ncc2C(=O)O)c(Br)c1. The molecule has 0 aliphatic heterocycles. The first kappa shape index (κ1) is 15.5. The molecule has 9 heteroatoms. The molecule has 0 radical (unpaired) electrons. The van der Waals surface area contributed by atoms with E-state index in [1.807, 2.05) is 13.0 Å². The monoisotopic (exact) mass is 373 g/mol. The minimum absolute atomic E-state index is 0.353. The van der Waals surface area contributed by atoms with Gasteiger partial charge < -0.3 is 5.11 Å². The molecule has 1 aromatic heterocycles. The van der Waals surface area contributed by atoms with Crippen molar-refractivity contribution >= 4 is 37.6 Å². The fraction of sp³-hybridized carbons (Fsp3) is 0.167. The van der Waals surface area contributed by atoms with E-state index in [2.05, 4.69) is 30.8 Å². The van der Waals surface area contributed by atoms with Crippen LogP contribution in [0.3, 0.4) is 0 Å². The van der Waals surface area contributed by atoms with E-state index in [0.717, 1.165) is 11.8 Å². The predicted molar refractivity (Wildman–Crippen MR) is 80.0 cm³/mol. The number of nitrogens with zero attached hydrogens (tertiary/aromatic N) is 1. The normalized spacial score (nSPS) is 11.4. The lowest BCUT2D eigenvalue weighted by atomic mass is 10.1. The minimum Gasteiger partial charge on any atom is -0.478 e. The molecule has 0 spiro atoms. The van der Waals surface area contributed by atoms with E-state index in [1.54, 1.807) is 13.0 Å². The zero-order chi connectivity index (χ0) is 15.8. The highest BCUT2D eigenvalue weighted by Crippen LogP contribution is 2.30. The molecule has 0 amide bonds. The van der Waals surface area contributed by atoms with Crippen LogP contribution in [0.4, 0.5) is 5.69 Å². The quantitative estimate of drug-likeness (QED) is 0.760. The lowest BCUT2D eigenvalue weighted by molar-refractivity contribution is 0.0692. The third kappa shape index (κ3) is 3.08. The summed E-state index contributed by atoms with van der Waals surface area (Å²) in [6.45, 7) is 3.63. The number of aromatic amines is 1. The van der Waals surface area contributed by atoms with Crippen molar-refractivity contribution in [2.75, 3.05) is 4.72 Å². The Morgan fingerprint density at radius 1 is 1.38 bits per heavy atom. The van der Waals surface area contributed by atoms with Crippen LogP contribution in [0.25, 0.3) is 0 Å². The Balaban J connectivity index is 2.48. The van der Waals surface area contributed by atoms with Crippen molar-refractivity contribution in [3.8, 4) is 0 Å². The molecular formula is C12H12BrN3O4S. The van der Waals surface area contributed by atoms with Crippen molar-refractivity contribution in [1.82, 2.24) is 10.2 Å². The minimum atomic E-state index is -4.08. The lowest BCUT2D eigenvalue weighted by Gasteiger charge is -2.12. The standard InChI is InChI=1S/C12H12BrN3O4S/c1-6-3-7(2)10(9(13)4-6)16-21(19,20)11-8(12(17)18)5-14-15-11/h3-5,16H,1-2H3,(H,14,15)(H,17,18). The van der Waals surface area contributed by atoms with Crippen molar-refractivity contribution in [1.29, 1.82) is 0 Å². The van der Waals surface area contributed by atoms with Crippen LogP contribution in [0.5, 0.6) is 0 Å². The number of carboxylic acids is 1. The molecular weight excluding hydrogens is 362 g/mol. The van der Waals surface area contributed by atoms with Gasteiger partial charge in [0, 0.05) is 4.47 Å². The summed E-state index contributed by atoms with van der Waals surface area (Å²) in [4.78, 5) is 11.0. The first-order valence-corrected chi connectivity index (χ1v) is 8.06. The molecule has 1 heterocycles. The van der Waals surface area contributed by atoms with Crippen LogP contribution < -0.4 is 4.72 Å². The van der Waals surface area contributed by atoms with Gasteiger partial charge in [-0.05, 0) is 47.0 Å². The first-order valence-electron chi connectivity index (χ1n) is 5.78. The van der Waals surface area contributed by atoms with Gasteiger partial charge in [0.1, 0.15) is 5.56 Å². The van der Waals surface area contributed by atoms with E-state index in [0.29, 0.717) is 15.7 Å². The Kier molecular flexibility index (Phi) is 4.06. The number of hydrogen-bond donors (Lipinski definition) is 3. The average Bonchev–Trinajstić information content (AvgIpc) is 2.83. The van der Waals surface area contributed by atoms with Crippen LogP contribution in [-0.4, -0.2) is 29.7 Å². The number of rotatable bonds is 4. The van der Waals surface area contributed by atoms with E-state index in [4.69, 9.17) is 5.11 Å². The number of aromatic carboxylic acids is 1. The number of hydrogen-bond acceptors (Lipinski definition) is 4. The molecule has 0 unspecified atom stereocenters. The van der Waals surface area contributed by atoms with Crippen molar-refractivity contribution in [3.63, 3.8) is 0 Å². The summed E-state index contributed by atoms with van der Waals surface area (Å²) >= 11 is 3.29. The van der Waals surface area contributed by atoms with Gasteiger partial charge in [-0.3, -0.25) is 9.82 Å². The maximum Gasteiger partial charge on any atom is 0.340 e. The van der Waals surface area contributed by atoms with E-state index in [9.17, 15) is 13.2 Å². The number of sulfonamides is 1. The summed E-state index contributed by atoms with van der Waals surface area (Å²) < 4.78 is 27.6. The summed E-state index contributed by atoms with van der Waals surface area (Å²) in [5, 5.41) is 14.2. The summed E-state index contributed by atoms with van der Waals surface area (Å²) in [7, 11) is -4.08. The third-order valence-corrected chi connectivity index (χ3v) is 4.72. The largest absolute Gasteiger partial charge is 0.478 e. The number of aryl methyl sites for hydroxylation is 2. The van der Waals surface area contributed by atoms with E-state index in [-0.39, 0.29) is 0 Å². The molecule has 0 aliphatic carbocycles. The highest BCUT2D eigenvalue weighted by molar-refractivity contribution is 9.10. The maximum atomic E-state index is 12.3. The van der Waals surface area contributed by atoms with E-state index in [1.165, 1.54) is 0 Å². The molecule has 2 rings (SSSR count). The first-order chi connectivity index (χ1) is 9.72. The van der Waals surface area contributed by atoms with Crippen molar-refractivity contribution in [2.24, 2.45) is 0 Å². The molecule has 21 heavy (non-hydrogen) atoms. The lowest BCUT2D eigenvalue weighted by Crippen LogP contribution is -2.17. The van der Waals surface area contributed by atoms with E-state index >= 15 is 0 Å². The zero-order valence-corrected chi connectivity index (χ0v) is 13.5. The summed E-state index contributed by atoms with van der Waals surface area (Å²) in [5.74, 6) is -1.37. The number of nitrogens with one attached hydrogen (secondary N) is 2. The van der Waals surface area contributed by atoms with Crippen LogP contribution in [0, 0.1) is 13.8 Å². The number of carboxylic acid groups (broad SMARTS) is 1. The van der Waals surface area contributed by atoms with Gasteiger partial charge >= 0.3 is 5.97 Å². The average molecular weight is 374 g/mol. The highest BCUT2D eigenvalue weighted by atomic mass is 79.9. The fourth-order valence-electron chi connectivity index (χ4n) is 1.86. The maximum absolute atomic E-state index is 12.3. The van der Waals surface area contributed by atoms with Gasteiger partial charge in [-0.2, -0.15) is 13.5 Å². The molecule has 0 aliphatic rings. The number of aromatic nitrogens is 2. The van der Waals surface area contributed by atoms with Gasteiger partial charge in [0.2, 0.25) is 0 Å². The van der Waals surface area contributed by atoms with Gasteiger partial charge in [0.05, 0.1) is 11.9 Å². The van der Waals surface area contributed by atoms with Gasteiger partial charge in [-0.15, -0.1) is 0 Å². The number of benzene rings is 1. The second kappa shape index (κ2) is 5.49. The number of carbonyl (C=O) groups is 1. The second-order valence-electron chi connectivity index (χ2n) is 4.46. The highest BCUT2D eigenvalue weighted by Gasteiger charge is 2.26. The summed E-state index contributed by atoms with van der Waals surface area (Å²) in [6.07, 6.45) is 0.952. The van der Waals surface area contributed by atoms with Gasteiger partial charge in [-0.25, -0.2) is 4.79 Å². The molecule has 1 aromatic carbocycles. The molecule has 0 fully saturated rings. The zero-order valence-electron chi connectivity index (χ0n) is 11.1. The molecule has 0 atom stereocenters. The predicted octanol–water partition coefficient (Wildman–Crippen LogP) is 2.29.